The summed E-state index contributed by atoms with van der Waals surface area (Å²) in [5.41, 5.74) is 0.944. The molecule has 22 heavy (non-hydrogen) atoms. The topological polar surface area (TPSA) is 29.5 Å². The van der Waals surface area contributed by atoms with Gasteiger partial charge in [-0.15, -0.1) is 0 Å². The molecule has 2 rings (SSSR count). The molecule has 6 heteroatoms. The Labute approximate surface area is 146 Å². The van der Waals surface area contributed by atoms with Crippen molar-refractivity contribution in [3.05, 3.63) is 34.9 Å². The van der Waals surface area contributed by atoms with Crippen molar-refractivity contribution >= 4 is 45.8 Å². The van der Waals surface area contributed by atoms with E-state index in [9.17, 15) is 4.79 Å². The van der Waals surface area contributed by atoms with Crippen molar-refractivity contribution in [1.82, 2.24) is 4.90 Å². The number of thioether (sulfide) groups is 1. The highest BCUT2D eigenvalue weighted by molar-refractivity contribution is 8.23. The normalized spacial score (nSPS) is 19.8. The van der Waals surface area contributed by atoms with Crippen LogP contribution in [0.15, 0.2) is 24.3 Å². The minimum absolute atomic E-state index is 0.0236. The molecule has 0 aliphatic carbocycles. The molecule has 0 aromatic heterocycles. The van der Waals surface area contributed by atoms with Crippen molar-refractivity contribution in [3.8, 4) is 0 Å². The van der Waals surface area contributed by atoms with Crippen LogP contribution in [0.3, 0.4) is 0 Å². The number of methoxy groups -OCH3 is 1. The number of benzene rings is 1. The van der Waals surface area contributed by atoms with Crippen molar-refractivity contribution in [1.29, 1.82) is 0 Å². The van der Waals surface area contributed by atoms with E-state index in [0.717, 1.165) is 11.3 Å². The van der Waals surface area contributed by atoms with Crippen LogP contribution >= 0.6 is 35.6 Å². The summed E-state index contributed by atoms with van der Waals surface area (Å²) in [5, 5.41) is 0.668. The summed E-state index contributed by atoms with van der Waals surface area (Å²) < 4.78 is 6.17. The average Bonchev–Trinajstić information content (AvgIpc) is 2.87. The molecule has 1 aliphatic rings. The molecule has 3 nitrogen and oxygen atoms in total. The average molecular weight is 358 g/mol. The van der Waals surface area contributed by atoms with Gasteiger partial charge in [0.05, 0.1) is 12.5 Å². The summed E-state index contributed by atoms with van der Waals surface area (Å²) in [6.07, 6.45) is -0.00632. The lowest BCUT2D eigenvalue weighted by Crippen LogP contribution is -2.42. The molecule has 1 aromatic rings. The molecule has 0 saturated carbocycles. The Morgan fingerprint density at radius 2 is 2.09 bits per heavy atom. The molecule has 1 amide bonds. The number of carbonyl (C=O) groups is 1. The standard InChI is InChI=1S/C16H20ClNO2S2/c1-10(2)13-9-22-16(21)18(13)15(19)8-14(20-3)11-4-6-12(17)7-5-11/h4-7,10,13-14H,8-9H2,1-3H3/t13-,14+/m1/s1. The van der Waals surface area contributed by atoms with Crippen LogP contribution in [0.4, 0.5) is 0 Å². The van der Waals surface area contributed by atoms with Gasteiger partial charge in [0.1, 0.15) is 4.32 Å². The van der Waals surface area contributed by atoms with Crippen molar-refractivity contribution in [2.75, 3.05) is 12.9 Å². The number of nitrogens with zero attached hydrogens (tertiary/aromatic N) is 1. The van der Waals surface area contributed by atoms with Crippen LogP contribution in [0.5, 0.6) is 0 Å². The fraction of sp³-hybridized carbons (Fsp3) is 0.500. The molecule has 1 aromatic carbocycles. The summed E-state index contributed by atoms with van der Waals surface area (Å²) in [5.74, 6) is 1.28. The lowest BCUT2D eigenvalue weighted by Gasteiger charge is -2.28. The number of hydrogen-bond acceptors (Lipinski definition) is 4. The molecule has 1 saturated heterocycles. The van der Waals surface area contributed by atoms with E-state index in [1.54, 1.807) is 35.9 Å². The Morgan fingerprint density at radius 3 is 2.64 bits per heavy atom. The zero-order chi connectivity index (χ0) is 16.3. The molecule has 2 atom stereocenters. The maximum atomic E-state index is 12.7. The SMILES string of the molecule is CO[C@@H](CC(=O)N1C(=S)SC[C@@H]1C(C)C)c1ccc(Cl)cc1. The predicted molar refractivity (Wildman–Crippen MR) is 96.3 cm³/mol. The first-order chi connectivity index (χ1) is 10.4. The highest BCUT2D eigenvalue weighted by atomic mass is 35.5. The van der Waals surface area contributed by atoms with Gasteiger partial charge < -0.3 is 4.74 Å². The van der Waals surface area contributed by atoms with Gasteiger partial charge in [-0.2, -0.15) is 0 Å². The van der Waals surface area contributed by atoms with Crippen LogP contribution in [0.25, 0.3) is 0 Å². The second-order valence-corrected chi connectivity index (χ2v) is 7.72. The first kappa shape index (κ1) is 17.7. The third kappa shape index (κ3) is 4.02. The predicted octanol–water partition coefficient (Wildman–Crippen LogP) is 4.30. The Kier molecular flexibility index (Phi) is 6.26. The molecule has 1 heterocycles. The summed E-state index contributed by atoms with van der Waals surface area (Å²) in [6.45, 7) is 4.23. The smallest absolute Gasteiger partial charge is 0.231 e. The van der Waals surface area contributed by atoms with Crippen LogP contribution in [0.1, 0.15) is 31.9 Å². The van der Waals surface area contributed by atoms with E-state index in [4.69, 9.17) is 28.6 Å². The summed E-state index contributed by atoms with van der Waals surface area (Å²) in [6, 6.07) is 7.57. The van der Waals surface area contributed by atoms with Gasteiger partial charge in [-0.25, -0.2) is 0 Å². The van der Waals surface area contributed by atoms with Gasteiger partial charge in [-0.05, 0) is 23.6 Å². The van der Waals surface area contributed by atoms with Crippen molar-refractivity contribution in [2.24, 2.45) is 5.92 Å². The highest BCUT2D eigenvalue weighted by Crippen LogP contribution is 2.31. The molecular formula is C16H20ClNO2S2. The molecule has 0 spiro atoms. The lowest BCUT2D eigenvalue weighted by molar-refractivity contribution is -0.131. The molecule has 1 fully saturated rings. The Morgan fingerprint density at radius 1 is 1.45 bits per heavy atom. The van der Waals surface area contributed by atoms with Gasteiger partial charge >= 0.3 is 0 Å². The van der Waals surface area contributed by atoms with E-state index in [1.807, 2.05) is 12.1 Å². The third-order valence-electron chi connectivity index (χ3n) is 3.83. The molecule has 0 unspecified atom stereocenters. The van der Waals surface area contributed by atoms with Crippen molar-refractivity contribution < 1.29 is 9.53 Å². The highest BCUT2D eigenvalue weighted by Gasteiger charge is 2.36. The molecule has 120 valence electrons. The number of halogens is 1. The number of rotatable bonds is 5. The van der Waals surface area contributed by atoms with Crippen LogP contribution in [0.2, 0.25) is 5.02 Å². The molecule has 0 radical (unpaired) electrons. The maximum absolute atomic E-state index is 12.7. The Balaban J connectivity index is 2.11. The zero-order valence-electron chi connectivity index (χ0n) is 12.9. The van der Waals surface area contributed by atoms with Crippen LogP contribution in [-0.2, 0) is 9.53 Å². The van der Waals surface area contributed by atoms with Gasteiger partial charge in [0.15, 0.2) is 0 Å². The van der Waals surface area contributed by atoms with Gasteiger partial charge in [0, 0.05) is 23.9 Å². The fourth-order valence-corrected chi connectivity index (χ4v) is 4.28. The van der Waals surface area contributed by atoms with Gasteiger partial charge in [0.25, 0.3) is 0 Å². The van der Waals surface area contributed by atoms with E-state index < -0.39 is 0 Å². The van der Waals surface area contributed by atoms with Crippen molar-refractivity contribution in [3.63, 3.8) is 0 Å². The van der Waals surface area contributed by atoms with Gasteiger partial charge in [0.2, 0.25) is 5.91 Å². The Bertz CT molecular complexity index is 548. The molecular weight excluding hydrogens is 338 g/mol. The monoisotopic (exact) mass is 357 g/mol. The quantitative estimate of drug-likeness (QED) is 0.735. The number of carbonyl (C=O) groups excluding carboxylic acids is 1. The third-order valence-corrected chi connectivity index (χ3v) is 5.58. The second kappa shape index (κ2) is 7.77. The van der Waals surface area contributed by atoms with Crippen LogP contribution in [0, 0.1) is 5.92 Å². The number of ether oxygens (including phenoxy) is 1. The van der Waals surface area contributed by atoms with Gasteiger partial charge in [-0.1, -0.05) is 61.6 Å². The largest absolute Gasteiger partial charge is 0.376 e. The minimum atomic E-state index is -0.286. The van der Waals surface area contributed by atoms with E-state index in [2.05, 4.69) is 13.8 Å². The van der Waals surface area contributed by atoms with Crippen LogP contribution in [-0.4, -0.2) is 34.0 Å². The summed E-state index contributed by atoms with van der Waals surface area (Å²) in [4.78, 5) is 14.5. The zero-order valence-corrected chi connectivity index (χ0v) is 15.3. The van der Waals surface area contributed by atoms with E-state index in [1.165, 1.54) is 0 Å². The summed E-state index contributed by atoms with van der Waals surface area (Å²) >= 11 is 12.8. The first-order valence-corrected chi connectivity index (χ1v) is 8.98. The second-order valence-electron chi connectivity index (χ2n) is 5.63. The van der Waals surface area contributed by atoms with Gasteiger partial charge in [-0.3, -0.25) is 9.69 Å². The molecule has 0 N–H and O–H groups in total. The maximum Gasteiger partial charge on any atom is 0.231 e. The van der Waals surface area contributed by atoms with Crippen molar-refractivity contribution in [2.45, 2.75) is 32.4 Å². The molecule has 0 bridgehead atoms. The summed E-state index contributed by atoms with van der Waals surface area (Å²) in [7, 11) is 1.61. The van der Waals surface area contributed by atoms with E-state index in [-0.39, 0.29) is 24.5 Å². The van der Waals surface area contributed by atoms with Crippen LogP contribution < -0.4 is 0 Å². The minimum Gasteiger partial charge on any atom is -0.376 e. The lowest BCUT2D eigenvalue weighted by atomic mass is 10.0. The fourth-order valence-electron chi connectivity index (χ4n) is 2.49. The number of thiocarbonyl (C=S) groups is 1. The number of amides is 1. The Hall–Kier alpha value is -0.620. The number of hydrogen-bond donors (Lipinski definition) is 0. The van der Waals surface area contributed by atoms with E-state index in [0.29, 0.717) is 15.3 Å². The molecule has 1 aliphatic heterocycles. The van der Waals surface area contributed by atoms with E-state index >= 15 is 0 Å². The first-order valence-electron chi connectivity index (χ1n) is 7.21.